The van der Waals surface area contributed by atoms with Gasteiger partial charge in [0.2, 0.25) is 10.0 Å². The summed E-state index contributed by atoms with van der Waals surface area (Å²) in [5, 5.41) is 2.91. The Morgan fingerprint density at radius 3 is 2.42 bits per heavy atom. The monoisotopic (exact) mass is 194 g/mol. The molecule has 74 valence electrons. The van der Waals surface area contributed by atoms with Gasteiger partial charge in [0.05, 0.1) is 5.75 Å². The van der Waals surface area contributed by atoms with E-state index in [1.54, 1.807) is 7.05 Å². The molecular weight excluding hydrogens is 176 g/mol. The van der Waals surface area contributed by atoms with Gasteiger partial charge >= 0.3 is 0 Å². The molecule has 4 nitrogen and oxygen atoms in total. The van der Waals surface area contributed by atoms with Crippen LogP contribution in [0.4, 0.5) is 0 Å². The molecule has 0 saturated carbocycles. The molecule has 0 amide bonds. The highest BCUT2D eigenvalue weighted by Crippen LogP contribution is 1.98. The van der Waals surface area contributed by atoms with Crippen molar-refractivity contribution >= 4 is 10.0 Å². The molecule has 0 aromatic rings. The minimum Gasteiger partial charge on any atom is -0.320 e. The number of rotatable bonds is 6. The van der Waals surface area contributed by atoms with E-state index in [1.807, 2.05) is 14.0 Å². The molecule has 0 spiro atoms. The van der Waals surface area contributed by atoms with Crippen LogP contribution in [0, 0.1) is 0 Å². The summed E-state index contributed by atoms with van der Waals surface area (Å²) in [5.41, 5.74) is 0. The second-order valence-electron chi connectivity index (χ2n) is 2.69. The van der Waals surface area contributed by atoms with E-state index >= 15 is 0 Å². The first-order valence-corrected chi connectivity index (χ1v) is 5.74. The Hall–Kier alpha value is -0.130. The number of nitrogens with zero attached hydrogens (tertiary/aromatic N) is 1. The van der Waals surface area contributed by atoms with Crippen LogP contribution in [-0.2, 0) is 10.0 Å². The maximum atomic E-state index is 11.3. The number of hydrogen-bond donors (Lipinski definition) is 1. The van der Waals surface area contributed by atoms with Crippen LogP contribution in [0.1, 0.15) is 13.3 Å². The van der Waals surface area contributed by atoms with E-state index in [0.29, 0.717) is 13.0 Å². The molecule has 0 fully saturated rings. The van der Waals surface area contributed by atoms with E-state index in [1.165, 1.54) is 4.31 Å². The predicted molar refractivity (Wildman–Crippen MR) is 50.6 cm³/mol. The lowest BCUT2D eigenvalue weighted by molar-refractivity contribution is 0.484. The second kappa shape index (κ2) is 5.50. The third-order valence-corrected chi connectivity index (χ3v) is 3.76. The lowest BCUT2D eigenvalue weighted by atomic mass is 10.5. The van der Waals surface area contributed by atoms with Gasteiger partial charge in [-0.25, -0.2) is 12.7 Å². The fraction of sp³-hybridized carbons (Fsp3) is 1.00. The smallest absolute Gasteiger partial charge is 0.213 e. The number of sulfonamides is 1. The molecule has 0 unspecified atom stereocenters. The van der Waals surface area contributed by atoms with Crippen molar-refractivity contribution in [2.45, 2.75) is 13.3 Å². The van der Waals surface area contributed by atoms with E-state index in [-0.39, 0.29) is 5.75 Å². The standard InChI is InChI=1S/C7H18N2O2S/c1-4-9(3)12(10,11)7-5-6-8-2/h8H,4-7H2,1-3H3. The summed E-state index contributed by atoms with van der Waals surface area (Å²) in [6, 6.07) is 0. The predicted octanol–water partition coefficient (Wildman–Crippen LogP) is -0.123. The van der Waals surface area contributed by atoms with Crippen molar-refractivity contribution in [3.63, 3.8) is 0 Å². The van der Waals surface area contributed by atoms with Crippen molar-refractivity contribution in [1.29, 1.82) is 0 Å². The molecule has 0 aromatic carbocycles. The van der Waals surface area contributed by atoms with E-state index in [2.05, 4.69) is 5.32 Å². The van der Waals surface area contributed by atoms with E-state index in [0.717, 1.165) is 6.54 Å². The molecule has 0 bridgehead atoms. The van der Waals surface area contributed by atoms with Gasteiger partial charge in [0.15, 0.2) is 0 Å². The first kappa shape index (κ1) is 11.9. The van der Waals surface area contributed by atoms with Gasteiger partial charge in [-0.15, -0.1) is 0 Å². The van der Waals surface area contributed by atoms with Gasteiger partial charge in [0, 0.05) is 13.6 Å². The van der Waals surface area contributed by atoms with Gasteiger partial charge in [-0.2, -0.15) is 0 Å². The highest BCUT2D eigenvalue weighted by molar-refractivity contribution is 7.89. The molecule has 1 N–H and O–H groups in total. The zero-order chi connectivity index (χ0) is 9.61. The minimum atomic E-state index is -2.99. The molecule has 0 aliphatic heterocycles. The van der Waals surface area contributed by atoms with Crippen LogP contribution in [-0.4, -0.2) is 45.7 Å². The molecule has 12 heavy (non-hydrogen) atoms. The van der Waals surface area contributed by atoms with Crippen LogP contribution in [0.5, 0.6) is 0 Å². The van der Waals surface area contributed by atoms with Gasteiger partial charge in [-0.3, -0.25) is 0 Å². The summed E-state index contributed by atoms with van der Waals surface area (Å²) >= 11 is 0. The number of hydrogen-bond acceptors (Lipinski definition) is 3. The van der Waals surface area contributed by atoms with Crippen molar-refractivity contribution < 1.29 is 8.42 Å². The van der Waals surface area contributed by atoms with Gasteiger partial charge in [-0.05, 0) is 20.0 Å². The first-order valence-electron chi connectivity index (χ1n) is 4.13. The normalized spacial score (nSPS) is 12.3. The third-order valence-electron chi connectivity index (χ3n) is 1.75. The summed E-state index contributed by atoms with van der Waals surface area (Å²) in [7, 11) is 0.432. The van der Waals surface area contributed by atoms with Gasteiger partial charge in [0.1, 0.15) is 0 Å². The highest BCUT2D eigenvalue weighted by Gasteiger charge is 2.14. The van der Waals surface area contributed by atoms with Gasteiger partial charge < -0.3 is 5.32 Å². The fourth-order valence-corrected chi connectivity index (χ4v) is 2.00. The van der Waals surface area contributed by atoms with E-state index in [9.17, 15) is 8.42 Å². The van der Waals surface area contributed by atoms with E-state index < -0.39 is 10.0 Å². The fourth-order valence-electron chi connectivity index (χ4n) is 0.784. The summed E-state index contributed by atoms with van der Waals surface area (Å²) in [6.07, 6.45) is 0.670. The lowest BCUT2D eigenvalue weighted by Crippen LogP contribution is -2.30. The SMILES string of the molecule is CCN(C)S(=O)(=O)CCCNC. The maximum absolute atomic E-state index is 11.3. The summed E-state index contributed by atoms with van der Waals surface area (Å²) < 4.78 is 24.0. The minimum absolute atomic E-state index is 0.234. The summed E-state index contributed by atoms with van der Waals surface area (Å²) in [6.45, 7) is 3.12. The molecule has 5 heteroatoms. The molecule has 0 aromatic heterocycles. The van der Waals surface area contributed by atoms with E-state index in [4.69, 9.17) is 0 Å². The summed E-state index contributed by atoms with van der Waals surface area (Å²) in [4.78, 5) is 0. The van der Waals surface area contributed by atoms with Crippen LogP contribution in [0.2, 0.25) is 0 Å². The first-order chi connectivity index (χ1) is 5.54. The third kappa shape index (κ3) is 4.04. The Balaban J connectivity index is 3.88. The van der Waals surface area contributed by atoms with Gasteiger partial charge in [0.25, 0.3) is 0 Å². The highest BCUT2D eigenvalue weighted by atomic mass is 32.2. The Labute approximate surface area is 75.0 Å². The van der Waals surface area contributed by atoms with Crippen LogP contribution in [0.3, 0.4) is 0 Å². The molecule has 0 rings (SSSR count). The molecule has 0 atom stereocenters. The van der Waals surface area contributed by atoms with Crippen molar-refractivity contribution in [2.24, 2.45) is 0 Å². The Kier molecular flexibility index (Phi) is 5.44. The quantitative estimate of drug-likeness (QED) is 0.600. The maximum Gasteiger partial charge on any atom is 0.213 e. The lowest BCUT2D eigenvalue weighted by Gasteiger charge is -2.14. The number of nitrogens with one attached hydrogen (secondary N) is 1. The van der Waals surface area contributed by atoms with Crippen LogP contribution in [0.25, 0.3) is 0 Å². The van der Waals surface area contributed by atoms with Crippen LogP contribution >= 0.6 is 0 Å². The van der Waals surface area contributed by atoms with Crippen molar-refractivity contribution in [3.05, 3.63) is 0 Å². The van der Waals surface area contributed by atoms with Crippen molar-refractivity contribution in [3.8, 4) is 0 Å². The average Bonchev–Trinajstić information content (AvgIpc) is 2.03. The zero-order valence-corrected chi connectivity index (χ0v) is 8.82. The van der Waals surface area contributed by atoms with Crippen molar-refractivity contribution in [2.75, 3.05) is 32.9 Å². The van der Waals surface area contributed by atoms with Crippen LogP contribution < -0.4 is 5.32 Å². The average molecular weight is 194 g/mol. The Bertz CT molecular complexity index is 201. The molecular formula is C7H18N2O2S. The largest absolute Gasteiger partial charge is 0.320 e. The second-order valence-corrected chi connectivity index (χ2v) is 4.88. The molecule has 0 aliphatic carbocycles. The molecule has 0 aliphatic rings. The molecule has 0 heterocycles. The zero-order valence-electron chi connectivity index (χ0n) is 8.00. The van der Waals surface area contributed by atoms with Crippen LogP contribution in [0.15, 0.2) is 0 Å². The molecule has 0 radical (unpaired) electrons. The molecule has 0 saturated heterocycles. The Morgan fingerprint density at radius 2 is 2.00 bits per heavy atom. The Morgan fingerprint density at radius 1 is 1.42 bits per heavy atom. The van der Waals surface area contributed by atoms with Gasteiger partial charge in [-0.1, -0.05) is 6.92 Å². The summed E-state index contributed by atoms with van der Waals surface area (Å²) in [5.74, 6) is 0.234. The topological polar surface area (TPSA) is 49.4 Å². The van der Waals surface area contributed by atoms with Crippen molar-refractivity contribution in [1.82, 2.24) is 9.62 Å².